The third-order valence-corrected chi connectivity index (χ3v) is 4.51. The number of thioether (sulfide) groups is 1. The summed E-state index contributed by atoms with van der Waals surface area (Å²) >= 11 is 1.57. The zero-order valence-corrected chi connectivity index (χ0v) is 14.2. The van der Waals surface area contributed by atoms with Gasteiger partial charge in [-0.15, -0.1) is 11.8 Å². The van der Waals surface area contributed by atoms with Crippen molar-refractivity contribution in [2.45, 2.75) is 23.9 Å². The number of rotatable bonds is 4. The molecule has 3 rings (SSSR count). The molecule has 0 radical (unpaired) electrons. The van der Waals surface area contributed by atoms with Crippen molar-refractivity contribution >= 4 is 11.8 Å². The summed E-state index contributed by atoms with van der Waals surface area (Å²) in [6, 6.07) is 16.8. The molecule has 0 saturated heterocycles. The van der Waals surface area contributed by atoms with Gasteiger partial charge in [0.2, 0.25) is 0 Å². The molecule has 0 saturated carbocycles. The Labute approximate surface area is 148 Å². The van der Waals surface area contributed by atoms with Crippen LogP contribution in [0.1, 0.15) is 16.8 Å². The lowest BCUT2D eigenvalue weighted by atomic mass is 10.1. The van der Waals surface area contributed by atoms with E-state index in [4.69, 9.17) is 0 Å². The van der Waals surface area contributed by atoms with Crippen molar-refractivity contribution in [2.75, 3.05) is 0 Å². The molecule has 0 atom stereocenters. The van der Waals surface area contributed by atoms with Crippen LogP contribution in [0.25, 0.3) is 11.4 Å². The molecule has 0 unspecified atom stereocenters. The summed E-state index contributed by atoms with van der Waals surface area (Å²) in [4.78, 5) is 8.83. The molecule has 6 heteroatoms. The third kappa shape index (κ3) is 4.60. The largest absolute Gasteiger partial charge is 0.416 e. The maximum Gasteiger partial charge on any atom is 0.416 e. The van der Waals surface area contributed by atoms with Gasteiger partial charge in [-0.05, 0) is 30.7 Å². The van der Waals surface area contributed by atoms with E-state index in [1.165, 1.54) is 17.7 Å². The monoisotopic (exact) mass is 360 g/mol. The van der Waals surface area contributed by atoms with Gasteiger partial charge in [0, 0.05) is 17.0 Å². The predicted octanol–water partition coefficient (Wildman–Crippen LogP) is 5.76. The van der Waals surface area contributed by atoms with Crippen LogP contribution in [0.2, 0.25) is 0 Å². The molecule has 0 N–H and O–H groups in total. The first kappa shape index (κ1) is 17.5. The lowest BCUT2D eigenvalue weighted by molar-refractivity contribution is -0.137. The van der Waals surface area contributed by atoms with Gasteiger partial charge in [0.05, 0.1) is 5.56 Å². The SMILES string of the molecule is Cc1cc(SCc2ccccc2)nc(-c2ccc(C(F)(F)F)cc2)n1. The molecule has 2 aromatic carbocycles. The van der Waals surface area contributed by atoms with Crippen molar-refractivity contribution in [1.29, 1.82) is 0 Å². The molecule has 0 aliphatic carbocycles. The highest BCUT2D eigenvalue weighted by Crippen LogP contribution is 2.31. The molecular formula is C19H15F3N2S. The number of hydrogen-bond donors (Lipinski definition) is 0. The Morgan fingerprint density at radius 3 is 2.24 bits per heavy atom. The number of alkyl halides is 3. The van der Waals surface area contributed by atoms with Crippen molar-refractivity contribution in [3.05, 3.63) is 77.5 Å². The van der Waals surface area contributed by atoms with Crippen LogP contribution in [0.15, 0.2) is 65.7 Å². The second-order valence-corrected chi connectivity index (χ2v) is 6.52. The van der Waals surface area contributed by atoms with E-state index in [0.717, 1.165) is 28.6 Å². The first-order chi connectivity index (χ1) is 11.9. The van der Waals surface area contributed by atoms with Gasteiger partial charge in [-0.1, -0.05) is 42.5 Å². The Kier molecular flexibility index (Phi) is 5.08. The summed E-state index contributed by atoms with van der Waals surface area (Å²) in [6.07, 6.45) is -4.34. The fourth-order valence-electron chi connectivity index (χ4n) is 2.28. The quantitative estimate of drug-likeness (QED) is 0.437. The third-order valence-electron chi connectivity index (χ3n) is 3.53. The maximum absolute atomic E-state index is 12.7. The van der Waals surface area contributed by atoms with Gasteiger partial charge < -0.3 is 0 Å². The fraction of sp³-hybridized carbons (Fsp3) is 0.158. The minimum Gasteiger partial charge on any atom is -0.233 e. The van der Waals surface area contributed by atoms with E-state index in [1.54, 1.807) is 11.8 Å². The van der Waals surface area contributed by atoms with Crippen LogP contribution in [0.3, 0.4) is 0 Å². The molecule has 128 valence electrons. The van der Waals surface area contributed by atoms with Gasteiger partial charge in [-0.2, -0.15) is 13.2 Å². The van der Waals surface area contributed by atoms with E-state index < -0.39 is 11.7 Å². The molecule has 25 heavy (non-hydrogen) atoms. The molecular weight excluding hydrogens is 345 g/mol. The number of nitrogens with zero attached hydrogens (tertiary/aromatic N) is 2. The smallest absolute Gasteiger partial charge is 0.233 e. The summed E-state index contributed by atoms with van der Waals surface area (Å²) < 4.78 is 38.0. The lowest BCUT2D eigenvalue weighted by Crippen LogP contribution is -2.04. The normalized spacial score (nSPS) is 11.5. The Bertz CT molecular complexity index is 847. The first-order valence-electron chi connectivity index (χ1n) is 7.62. The van der Waals surface area contributed by atoms with Crippen molar-refractivity contribution in [3.8, 4) is 11.4 Å². The average molecular weight is 360 g/mol. The maximum atomic E-state index is 12.7. The highest BCUT2D eigenvalue weighted by atomic mass is 32.2. The summed E-state index contributed by atoms with van der Waals surface area (Å²) in [7, 11) is 0. The number of benzene rings is 2. The first-order valence-corrected chi connectivity index (χ1v) is 8.60. The van der Waals surface area contributed by atoms with Crippen LogP contribution in [-0.4, -0.2) is 9.97 Å². The molecule has 1 aromatic heterocycles. The van der Waals surface area contributed by atoms with E-state index in [1.807, 2.05) is 43.3 Å². The summed E-state index contributed by atoms with van der Waals surface area (Å²) in [5.74, 6) is 1.20. The van der Waals surface area contributed by atoms with E-state index >= 15 is 0 Å². The Morgan fingerprint density at radius 1 is 0.920 bits per heavy atom. The molecule has 0 spiro atoms. The predicted molar refractivity (Wildman–Crippen MR) is 93.2 cm³/mol. The topological polar surface area (TPSA) is 25.8 Å². The average Bonchev–Trinajstić information content (AvgIpc) is 2.60. The van der Waals surface area contributed by atoms with Crippen LogP contribution in [0.4, 0.5) is 13.2 Å². The van der Waals surface area contributed by atoms with Crippen LogP contribution in [-0.2, 0) is 11.9 Å². The molecule has 0 bridgehead atoms. The molecule has 0 aliphatic heterocycles. The second-order valence-electron chi connectivity index (χ2n) is 5.52. The molecule has 3 aromatic rings. The van der Waals surface area contributed by atoms with Crippen molar-refractivity contribution < 1.29 is 13.2 Å². The van der Waals surface area contributed by atoms with Crippen LogP contribution >= 0.6 is 11.8 Å². The van der Waals surface area contributed by atoms with Crippen LogP contribution in [0, 0.1) is 6.92 Å². The van der Waals surface area contributed by atoms with Gasteiger partial charge in [-0.3, -0.25) is 0 Å². The van der Waals surface area contributed by atoms with E-state index in [9.17, 15) is 13.2 Å². The van der Waals surface area contributed by atoms with Crippen molar-refractivity contribution in [1.82, 2.24) is 9.97 Å². The second kappa shape index (κ2) is 7.27. The lowest BCUT2D eigenvalue weighted by Gasteiger charge is -2.09. The molecule has 1 heterocycles. The highest BCUT2D eigenvalue weighted by Gasteiger charge is 2.30. The summed E-state index contributed by atoms with van der Waals surface area (Å²) in [5, 5.41) is 0.797. The standard InChI is InChI=1S/C19H15F3N2S/c1-13-11-17(25-12-14-5-3-2-4-6-14)24-18(23-13)15-7-9-16(10-8-15)19(20,21)22/h2-11H,12H2,1H3. The van der Waals surface area contributed by atoms with E-state index in [0.29, 0.717) is 11.4 Å². The summed E-state index contributed by atoms with van der Waals surface area (Å²) in [5.41, 5.74) is 1.85. The van der Waals surface area contributed by atoms with Gasteiger partial charge >= 0.3 is 6.18 Å². The minimum atomic E-state index is -4.34. The number of aromatic nitrogens is 2. The van der Waals surface area contributed by atoms with Crippen LogP contribution < -0.4 is 0 Å². The summed E-state index contributed by atoms with van der Waals surface area (Å²) in [6.45, 7) is 1.85. The fourth-order valence-corrected chi connectivity index (χ4v) is 3.19. The Hall–Kier alpha value is -2.34. The minimum absolute atomic E-state index is 0.435. The van der Waals surface area contributed by atoms with Gasteiger partial charge in [0.25, 0.3) is 0 Å². The number of halogens is 3. The molecule has 0 amide bonds. The molecule has 0 aliphatic rings. The van der Waals surface area contributed by atoms with E-state index in [-0.39, 0.29) is 0 Å². The zero-order valence-electron chi connectivity index (χ0n) is 13.4. The zero-order chi connectivity index (χ0) is 17.9. The molecule has 2 nitrogen and oxygen atoms in total. The van der Waals surface area contributed by atoms with Gasteiger partial charge in [0.1, 0.15) is 5.03 Å². The van der Waals surface area contributed by atoms with Crippen LogP contribution in [0.5, 0.6) is 0 Å². The molecule has 0 fully saturated rings. The number of aryl methyl sites for hydroxylation is 1. The number of hydrogen-bond acceptors (Lipinski definition) is 3. The van der Waals surface area contributed by atoms with Crippen molar-refractivity contribution in [3.63, 3.8) is 0 Å². The Morgan fingerprint density at radius 2 is 1.60 bits per heavy atom. The Balaban J connectivity index is 1.81. The highest BCUT2D eigenvalue weighted by molar-refractivity contribution is 7.98. The van der Waals surface area contributed by atoms with E-state index in [2.05, 4.69) is 9.97 Å². The van der Waals surface area contributed by atoms with Crippen molar-refractivity contribution in [2.24, 2.45) is 0 Å². The van der Waals surface area contributed by atoms with Gasteiger partial charge in [-0.25, -0.2) is 9.97 Å². The van der Waals surface area contributed by atoms with Gasteiger partial charge in [0.15, 0.2) is 5.82 Å².